The summed E-state index contributed by atoms with van der Waals surface area (Å²) < 4.78 is 0. The first-order valence-electron chi connectivity index (χ1n) is 20.6. The standard InChI is InChI=1S/C52H71N/c1-17-45-33(7)29-34(8)46(18-2)38(12)41(15)51(44-27-23-32(6)24-28-44)52-42(16)48(20-4)49(53-52)30-35(9)47(19-3)37(11)40(14)50(39(13)36(45)10)43-25-21-31(5)22-26-43/h21-28,39,48,50-51H,7,17-20,29-30H2,1-6,8-16H3/b40-37+,41-38+,45-36-,46-34+,47-35+. The van der Waals surface area contributed by atoms with Crippen LogP contribution in [0.2, 0.25) is 0 Å². The van der Waals surface area contributed by atoms with Crippen molar-refractivity contribution in [1.82, 2.24) is 0 Å². The van der Waals surface area contributed by atoms with Gasteiger partial charge in [0.1, 0.15) is 0 Å². The molecule has 0 fully saturated rings. The van der Waals surface area contributed by atoms with Crippen LogP contribution in [0, 0.1) is 25.7 Å². The van der Waals surface area contributed by atoms with Gasteiger partial charge in [0, 0.05) is 29.9 Å². The number of aliphatic imine (C=N–C) groups is 1. The minimum absolute atomic E-state index is 0.116. The fourth-order valence-corrected chi connectivity index (χ4v) is 9.75. The number of nitrogens with zero attached hydrogens (tertiary/aromatic N) is 1. The quantitative estimate of drug-likeness (QED) is 0.283. The molecule has 1 heteroatoms. The molecule has 2 aromatic rings. The molecule has 0 saturated heterocycles. The van der Waals surface area contributed by atoms with E-state index in [9.17, 15) is 0 Å². The van der Waals surface area contributed by atoms with Gasteiger partial charge in [0.05, 0.1) is 5.70 Å². The largest absolute Gasteiger partial charge is 0.260 e. The first kappa shape index (κ1) is 42.0. The van der Waals surface area contributed by atoms with Gasteiger partial charge in [-0.2, -0.15) is 0 Å². The van der Waals surface area contributed by atoms with Gasteiger partial charge in [-0.3, -0.25) is 4.99 Å². The van der Waals surface area contributed by atoms with E-state index >= 15 is 0 Å². The summed E-state index contributed by atoms with van der Waals surface area (Å²) in [6, 6.07) is 18.6. The third kappa shape index (κ3) is 8.82. The van der Waals surface area contributed by atoms with Crippen molar-refractivity contribution < 1.29 is 0 Å². The average Bonchev–Trinajstić information content (AvgIpc) is 3.43. The Hall–Kier alpha value is -3.71. The topological polar surface area (TPSA) is 12.4 Å². The van der Waals surface area contributed by atoms with Gasteiger partial charge in [0.15, 0.2) is 0 Å². The molecule has 1 nitrogen and oxygen atoms in total. The first-order chi connectivity index (χ1) is 25.1. The number of allylic oxidation sites excluding steroid dienone is 12. The van der Waals surface area contributed by atoms with Crippen molar-refractivity contribution in [3.63, 3.8) is 0 Å². The molecular weight excluding hydrogens is 639 g/mol. The molecule has 2 heterocycles. The second-order valence-corrected chi connectivity index (χ2v) is 16.5. The van der Waals surface area contributed by atoms with E-state index in [1.54, 1.807) is 0 Å². The number of benzene rings is 2. The summed E-state index contributed by atoms with van der Waals surface area (Å²) in [5.74, 6) is 1.08. The Morgan fingerprint density at radius 2 is 1.04 bits per heavy atom. The molecule has 0 radical (unpaired) electrons. The fraction of sp³-hybridized carbons (Fsp3) is 0.481. The second kappa shape index (κ2) is 18.1. The molecule has 4 rings (SSSR count). The number of hydrogen-bond acceptors (Lipinski definition) is 1. The normalized spacial score (nSPS) is 30.0. The maximum absolute atomic E-state index is 5.70. The smallest absolute Gasteiger partial charge is 0.0514 e. The lowest BCUT2D eigenvalue weighted by Gasteiger charge is -2.31. The van der Waals surface area contributed by atoms with Crippen LogP contribution in [0.1, 0.15) is 163 Å². The monoisotopic (exact) mass is 710 g/mol. The molecule has 284 valence electrons. The van der Waals surface area contributed by atoms with Gasteiger partial charge in [0.25, 0.3) is 0 Å². The molecule has 4 unspecified atom stereocenters. The van der Waals surface area contributed by atoms with Crippen LogP contribution in [0.4, 0.5) is 0 Å². The van der Waals surface area contributed by atoms with Crippen LogP contribution in [0.5, 0.6) is 0 Å². The van der Waals surface area contributed by atoms with Gasteiger partial charge in [-0.25, -0.2) is 0 Å². The van der Waals surface area contributed by atoms with Crippen LogP contribution in [-0.4, -0.2) is 5.71 Å². The van der Waals surface area contributed by atoms with Crippen molar-refractivity contribution in [2.45, 2.75) is 154 Å². The highest BCUT2D eigenvalue weighted by molar-refractivity contribution is 5.94. The predicted molar refractivity (Wildman–Crippen MR) is 235 cm³/mol. The Morgan fingerprint density at radius 3 is 1.53 bits per heavy atom. The Bertz CT molecular complexity index is 1900. The maximum Gasteiger partial charge on any atom is 0.0514 e. The third-order valence-electron chi connectivity index (χ3n) is 13.2. The lowest BCUT2D eigenvalue weighted by Crippen LogP contribution is -2.17. The molecule has 0 amide bonds. The summed E-state index contributed by atoms with van der Waals surface area (Å²) in [6.45, 7) is 40.0. The van der Waals surface area contributed by atoms with Gasteiger partial charge >= 0.3 is 0 Å². The molecule has 2 aliphatic rings. The molecule has 0 saturated carbocycles. The van der Waals surface area contributed by atoms with Crippen molar-refractivity contribution in [2.24, 2.45) is 16.8 Å². The van der Waals surface area contributed by atoms with Crippen molar-refractivity contribution in [1.29, 1.82) is 0 Å². The molecule has 0 aromatic heterocycles. The molecule has 53 heavy (non-hydrogen) atoms. The van der Waals surface area contributed by atoms with E-state index in [-0.39, 0.29) is 11.8 Å². The highest BCUT2D eigenvalue weighted by Gasteiger charge is 2.33. The van der Waals surface area contributed by atoms with Crippen LogP contribution >= 0.6 is 0 Å². The van der Waals surface area contributed by atoms with Crippen molar-refractivity contribution in [2.75, 3.05) is 0 Å². The van der Waals surface area contributed by atoms with Gasteiger partial charge in [-0.05, 0) is 157 Å². The maximum atomic E-state index is 5.70. The highest BCUT2D eigenvalue weighted by atomic mass is 14.8. The second-order valence-electron chi connectivity index (χ2n) is 16.5. The van der Waals surface area contributed by atoms with E-state index in [4.69, 9.17) is 11.6 Å². The summed E-state index contributed by atoms with van der Waals surface area (Å²) in [5, 5.41) is 0. The molecule has 4 atom stereocenters. The zero-order valence-corrected chi connectivity index (χ0v) is 36.3. The van der Waals surface area contributed by atoms with Crippen molar-refractivity contribution >= 4 is 5.71 Å². The minimum atomic E-state index is 0.116. The fourth-order valence-electron chi connectivity index (χ4n) is 9.75. The zero-order valence-electron chi connectivity index (χ0n) is 36.3. The predicted octanol–water partition coefficient (Wildman–Crippen LogP) is 15.8. The molecular formula is C52H71N. The summed E-state index contributed by atoms with van der Waals surface area (Å²) in [5.41, 5.74) is 25.1. The first-order valence-corrected chi connectivity index (χ1v) is 20.6. The summed E-state index contributed by atoms with van der Waals surface area (Å²) in [6.07, 6.45) is 5.87. The Labute approximate surface area is 325 Å². The molecule has 0 spiro atoms. The Kier molecular flexibility index (Phi) is 14.3. The average molecular weight is 710 g/mol. The SMILES string of the molecule is C=C1C/C(C)=C(CC)/C(C)=C(\C)C(c2ccc(C)cc2)C2=C(C)C(CC)C(=N2)C/C(C)=C(CC)/C(C)=C(\C)C(c2ccc(C)cc2)C(C)/C(C)=C\1CC. The van der Waals surface area contributed by atoms with Gasteiger partial charge < -0.3 is 0 Å². The van der Waals surface area contributed by atoms with E-state index in [1.807, 2.05) is 0 Å². The molecule has 2 bridgehead atoms. The lowest BCUT2D eigenvalue weighted by molar-refractivity contribution is 0.570. The van der Waals surface area contributed by atoms with E-state index in [0.29, 0.717) is 11.8 Å². The Morgan fingerprint density at radius 1 is 0.566 bits per heavy atom. The number of hydrogen-bond donors (Lipinski definition) is 0. The van der Waals surface area contributed by atoms with Crippen LogP contribution in [0.15, 0.2) is 133 Å². The molecule has 0 aliphatic carbocycles. The van der Waals surface area contributed by atoms with E-state index in [2.05, 4.69) is 152 Å². The number of rotatable bonds is 6. The summed E-state index contributed by atoms with van der Waals surface area (Å²) in [4.78, 5) is 5.70. The van der Waals surface area contributed by atoms with Gasteiger partial charge in [-0.1, -0.05) is 129 Å². The van der Waals surface area contributed by atoms with Crippen molar-refractivity contribution in [3.8, 4) is 0 Å². The van der Waals surface area contributed by atoms with Crippen LogP contribution < -0.4 is 0 Å². The molecule has 0 N–H and O–H groups in total. The van der Waals surface area contributed by atoms with E-state index in [0.717, 1.165) is 38.5 Å². The van der Waals surface area contributed by atoms with E-state index in [1.165, 1.54) is 101 Å². The van der Waals surface area contributed by atoms with Crippen LogP contribution in [-0.2, 0) is 0 Å². The number of fused-ring (bicyclic) bond motifs is 1. The van der Waals surface area contributed by atoms with E-state index < -0.39 is 0 Å². The summed E-state index contributed by atoms with van der Waals surface area (Å²) >= 11 is 0. The molecule has 2 aromatic carbocycles. The lowest BCUT2D eigenvalue weighted by atomic mass is 9.73. The van der Waals surface area contributed by atoms with Crippen LogP contribution in [0.3, 0.4) is 0 Å². The summed E-state index contributed by atoms with van der Waals surface area (Å²) in [7, 11) is 0. The van der Waals surface area contributed by atoms with Crippen molar-refractivity contribution in [3.05, 3.63) is 150 Å². The van der Waals surface area contributed by atoms with Gasteiger partial charge in [0.2, 0.25) is 0 Å². The zero-order chi connectivity index (χ0) is 39.3. The highest BCUT2D eigenvalue weighted by Crippen LogP contribution is 2.46. The minimum Gasteiger partial charge on any atom is -0.260 e. The molecule has 2 aliphatic heterocycles. The number of aryl methyl sites for hydroxylation is 2. The third-order valence-corrected chi connectivity index (χ3v) is 13.2. The van der Waals surface area contributed by atoms with Crippen LogP contribution in [0.25, 0.3) is 0 Å². The van der Waals surface area contributed by atoms with Gasteiger partial charge in [-0.15, -0.1) is 0 Å². The Balaban J connectivity index is 2.10.